The van der Waals surface area contributed by atoms with Crippen molar-refractivity contribution in [1.82, 2.24) is 4.90 Å². The number of thioether (sulfide) groups is 1. The number of hydrogen-bond acceptors (Lipinski definition) is 5. The summed E-state index contributed by atoms with van der Waals surface area (Å²) in [6, 6.07) is 13.5. The summed E-state index contributed by atoms with van der Waals surface area (Å²) in [5, 5.41) is -0.362. The third-order valence-corrected chi connectivity index (χ3v) is 5.03. The molecule has 2 amide bonds. The molecule has 0 saturated carbocycles. The number of imide groups is 1. The zero-order chi connectivity index (χ0) is 20.1. The van der Waals surface area contributed by atoms with E-state index in [0.717, 1.165) is 27.8 Å². The second-order valence-electron chi connectivity index (χ2n) is 6.16. The van der Waals surface area contributed by atoms with Crippen molar-refractivity contribution in [3.05, 3.63) is 64.1 Å². The van der Waals surface area contributed by atoms with E-state index in [0.29, 0.717) is 23.0 Å². The monoisotopic (exact) mass is 393 g/mol. The van der Waals surface area contributed by atoms with Gasteiger partial charge in [0, 0.05) is 0 Å². The zero-order valence-electron chi connectivity index (χ0n) is 15.6. The first-order chi connectivity index (χ1) is 13.5. The van der Waals surface area contributed by atoms with Gasteiger partial charge in [-0.25, -0.2) is 0 Å². The maximum Gasteiger partial charge on any atom is 0.294 e. The lowest BCUT2D eigenvalue weighted by molar-refractivity contribution is -0.122. The van der Waals surface area contributed by atoms with Crippen molar-refractivity contribution in [2.45, 2.75) is 13.5 Å². The van der Waals surface area contributed by atoms with Crippen LogP contribution in [0.3, 0.4) is 0 Å². The van der Waals surface area contributed by atoms with Gasteiger partial charge in [0.05, 0.1) is 18.6 Å². The molecule has 0 bridgehead atoms. The average molecular weight is 393 g/mol. The first kappa shape index (κ1) is 19.6. The van der Waals surface area contributed by atoms with E-state index in [2.05, 4.69) is 5.92 Å². The zero-order valence-corrected chi connectivity index (χ0v) is 16.4. The number of rotatable bonds is 6. The molecular weight excluding hydrogens is 374 g/mol. The third-order valence-electron chi connectivity index (χ3n) is 4.12. The largest absolute Gasteiger partial charge is 0.493 e. The molecule has 0 radical (unpaired) electrons. The summed E-state index contributed by atoms with van der Waals surface area (Å²) in [5.74, 6) is 3.08. The maximum absolute atomic E-state index is 12.3. The van der Waals surface area contributed by atoms with Crippen LogP contribution in [0.1, 0.15) is 16.7 Å². The van der Waals surface area contributed by atoms with Gasteiger partial charge in [-0.1, -0.05) is 41.8 Å². The lowest BCUT2D eigenvalue weighted by Crippen LogP contribution is -2.28. The maximum atomic E-state index is 12.3. The number of hydrogen-bond donors (Lipinski definition) is 0. The van der Waals surface area contributed by atoms with Gasteiger partial charge in [-0.15, -0.1) is 6.42 Å². The summed E-state index contributed by atoms with van der Waals surface area (Å²) >= 11 is 0.874. The van der Waals surface area contributed by atoms with Gasteiger partial charge in [-0.05, 0) is 48.0 Å². The van der Waals surface area contributed by atoms with Gasteiger partial charge < -0.3 is 9.47 Å². The van der Waals surface area contributed by atoms with Crippen molar-refractivity contribution in [3.63, 3.8) is 0 Å². The Hall–Kier alpha value is -3.17. The van der Waals surface area contributed by atoms with Crippen molar-refractivity contribution in [2.75, 3.05) is 13.7 Å². The quantitative estimate of drug-likeness (QED) is 0.542. The second kappa shape index (κ2) is 8.68. The first-order valence-electron chi connectivity index (χ1n) is 8.57. The Morgan fingerprint density at radius 3 is 2.57 bits per heavy atom. The Balaban J connectivity index is 1.76. The number of carbonyl (C=O) groups excluding carboxylic acids is 2. The predicted octanol–water partition coefficient (Wildman–Crippen LogP) is 4.25. The Labute approximate surface area is 168 Å². The fraction of sp³-hybridized carbons (Fsp3) is 0.182. The third kappa shape index (κ3) is 4.38. The van der Waals surface area contributed by atoms with Crippen LogP contribution in [0.15, 0.2) is 47.4 Å². The molecule has 6 heteroatoms. The summed E-state index contributed by atoms with van der Waals surface area (Å²) in [6.45, 7) is 2.42. The summed E-state index contributed by atoms with van der Waals surface area (Å²) in [7, 11) is 1.55. The van der Waals surface area contributed by atoms with E-state index in [1.165, 1.54) is 5.56 Å². The van der Waals surface area contributed by atoms with Gasteiger partial charge in [-0.3, -0.25) is 14.5 Å². The number of nitrogens with zero attached hydrogens (tertiary/aromatic N) is 1. The molecule has 0 atom stereocenters. The number of terminal acetylenes is 1. The molecule has 3 rings (SSSR count). The molecule has 1 aliphatic heterocycles. The van der Waals surface area contributed by atoms with Crippen LogP contribution in [0.4, 0.5) is 4.79 Å². The Morgan fingerprint density at radius 1 is 1.14 bits per heavy atom. The number of ether oxygens (including phenoxy) is 2. The Bertz CT molecular complexity index is 973. The summed E-state index contributed by atoms with van der Waals surface area (Å²) in [6.07, 6.45) is 6.85. The van der Waals surface area contributed by atoms with Crippen LogP contribution >= 0.6 is 11.8 Å². The average Bonchev–Trinajstić information content (AvgIpc) is 2.96. The molecule has 0 unspecified atom stereocenters. The summed E-state index contributed by atoms with van der Waals surface area (Å²) < 4.78 is 11.3. The highest BCUT2D eigenvalue weighted by atomic mass is 32.2. The molecule has 1 saturated heterocycles. The van der Waals surface area contributed by atoms with E-state index < -0.39 is 0 Å². The van der Waals surface area contributed by atoms with Crippen LogP contribution < -0.4 is 9.47 Å². The predicted molar refractivity (Wildman–Crippen MR) is 110 cm³/mol. The molecule has 0 N–H and O–H groups in total. The molecule has 1 heterocycles. The van der Waals surface area contributed by atoms with E-state index in [9.17, 15) is 9.59 Å². The fourth-order valence-electron chi connectivity index (χ4n) is 2.62. The number of amides is 2. The van der Waals surface area contributed by atoms with Gasteiger partial charge in [0.2, 0.25) is 0 Å². The Kier molecular flexibility index (Phi) is 6.07. The minimum atomic E-state index is -0.383. The lowest BCUT2D eigenvalue weighted by atomic mass is 10.1. The van der Waals surface area contributed by atoms with Crippen LogP contribution in [-0.2, 0) is 11.4 Å². The summed E-state index contributed by atoms with van der Waals surface area (Å²) in [5.41, 5.74) is 2.97. The number of benzene rings is 2. The molecule has 2 aromatic carbocycles. The van der Waals surface area contributed by atoms with Crippen molar-refractivity contribution in [1.29, 1.82) is 0 Å². The molecule has 2 aromatic rings. The molecular formula is C22H19NO4S. The summed E-state index contributed by atoms with van der Waals surface area (Å²) in [4.78, 5) is 25.5. The van der Waals surface area contributed by atoms with Gasteiger partial charge in [0.1, 0.15) is 6.61 Å². The molecule has 1 fully saturated rings. The van der Waals surface area contributed by atoms with Crippen molar-refractivity contribution >= 4 is 29.0 Å². The normalized spacial score (nSPS) is 15.0. The van der Waals surface area contributed by atoms with Crippen LogP contribution in [0.25, 0.3) is 6.08 Å². The molecule has 0 spiro atoms. The van der Waals surface area contributed by atoms with E-state index in [1.54, 1.807) is 25.3 Å². The molecule has 0 aromatic heterocycles. The van der Waals surface area contributed by atoms with Crippen LogP contribution in [0.5, 0.6) is 11.5 Å². The van der Waals surface area contributed by atoms with Crippen LogP contribution in [0, 0.1) is 19.3 Å². The highest BCUT2D eigenvalue weighted by Crippen LogP contribution is 2.34. The van der Waals surface area contributed by atoms with E-state index in [4.69, 9.17) is 15.9 Å². The first-order valence-corrected chi connectivity index (χ1v) is 9.38. The highest BCUT2D eigenvalue weighted by Gasteiger charge is 2.34. The van der Waals surface area contributed by atoms with Gasteiger partial charge >= 0.3 is 0 Å². The molecule has 0 aliphatic carbocycles. The second-order valence-corrected chi connectivity index (χ2v) is 7.15. The van der Waals surface area contributed by atoms with Crippen molar-refractivity contribution in [2.24, 2.45) is 0 Å². The van der Waals surface area contributed by atoms with E-state index in [1.807, 2.05) is 37.3 Å². The minimum Gasteiger partial charge on any atom is -0.493 e. The number of methoxy groups -OCH3 is 1. The van der Waals surface area contributed by atoms with E-state index >= 15 is 0 Å². The number of carbonyl (C=O) groups is 2. The van der Waals surface area contributed by atoms with Gasteiger partial charge in [-0.2, -0.15) is 0 Å². The minimum absolute atomic E-state index is 0.0306. The standard InChI is InChI=1S/C22H19NO4S/c1-4-11-23-21(24)20(28-22(23)25)13-17-9-10-18(19(12-17)26-3)27-14-16-7-5-15(2)6-8-16/h1,5-10,12-13H,11,14H2,2-3H3/b20-13+. The highest BCUT2D eigenvalue weighted by molar-refractivity contribution is 8.18. The van der Waals surface area contributed by atoms with Crippen LogP contribution in [0.2, 0.25) is 0 Å². The van der Waals surface area contributed by atoms with E-state index in [-0.39, 0.29) is 17.7 Å². The topological polar surface area (TPSA) is 55.8 Å². The van der Waals surface area contributed by atoms with Crippen LogP contribution in [-0.4, -0.2) is 29.7 Å². The smallest absolute Gasteiger partial charge is 0.294 e. The molecule has 1 aliphatic rings. The molecule has 5 nitrogen and oxygen atoms in total. The van der Waals surface area contributed by atoms with Crippen molar-refractivity contribution in [3.8, 4) is 23.8 Å². The van der Waals surface area contributed by atoms with Crippen molar-refractivity contribution < 1.29 is 19.1 Å². The van der Waals surface area contributed by atoms with Gasteiger partial charge in [0.25, 0.3) is 11.1 Å². The Morgan fingerprint density at radius 2 is 1.89 bits per heavy atom. The number of aryl methyl sites for hydroxylation is 1. The van der Waals surface area contributed by atoms with Gasteiger partial charge in [0.15, 0.2) is 11.5 Å². The molecule has 28 heavy (non-hydrogen) atoms. The SMILES string of the molecule is C#CCN1C(=O)S/C(=C/c2ccc(OCc3ccc(C)cc3)c(OC)c2)C1=O. The fourth-order valence-corrected chi connectivity index (χ4v) is 3.46. The lowest BCUT2D eigenvalue weighted by Gasteiger charge is -2.12. The molecule has 142 valence electrons.